The number of aliphatic carboxylic acids is 1. The molecule has 0 aliphatic carbocycles. The Morgan fingerprint density at radius 3 is 2.50 bits per heavy atom. The average molecular weight is 287 g/mol. The summed E-state index contributed by atoms with van der Waals surface area (Å²) in [5.74, 6) is -0.997. The Morgan fingerprint density at radius 2 is 1.95 bits per heavy atom. The fraction of sp³-hybridized carbons (Fsp3) is 0.846. The van der Waals surface area contributed by atoms with Crippen LogP contribution in [0.25, 0.3) is 0 Å². The number of urea groups is 1. The molecule has 1 fully saturated rings. The molecule has 0 aromatic carbocycles. The van der Waals surface area contributed by atoms with E-state index < -0.39 is 18.0 Å². The minimum absolute atomic E-state index is 0.0378. The minimum Gasteiger partial charge on any atom is -0.480 e. The van der Waals surface area contributed by atoms with Crippen LogP contribution in [-0.2, 0) is 9.53 Å². The molecule has 0 spiro atoms. The number of nitrogens with zero attached hydrogens (tertiary/aromatic N) is 1. The van der Waals surface area contributed by atoms with Gasteiger partial charge in [0.05, 0.1) is 13.2 Å². The molecule has 20 heavy (non-hydrogen) atoms. The minimum atomic E-state index is -0.997. The van der Waals surface area contributed by atoms with Crippen molar-refractivity contribution < 1.29 is 19.4 Å². The molecular weight excluding hydrogens is 262 g/mol. The molecule has 0 saturated carbocycles. The number of ether oxygens (including phenoxy) is 1. The van der Waals surface area contributed by atoms with Crippen LogP contribution in [0.1, 0.15) is 26.7 Å². The van der Waals surface area contributed by atoms with E-state index in [1.165, 1.54) is 0 Å². The largest absolute Gasteiger partial charge is 0.480 e. The van der Waals surface area contributed by atoms with Crippen molar-refractivity contribution in [1.29, 1.82) is 0 Å². The first kappa shape index (κ1) is 16.7. The summed E-state index contributed by atoms with van der Waals surface area (Å²) in [5, 5.41) is 14.3. The summed E-state index contributed by atoms with van der Waals surface area (Å²) in [5.41, 5.74) is 0. The van der Waals surface area contributed by atoms with E-state index in [4.69, 9.17) is 9.84 Å². The van der Waals surface area contributed by atoms with Gasteiger partial charge in [-0.3, -0.25) is 4.90 Å². The highest BCUT2D eigenvalue weighted by atomic mass is 16.5. The summed E-state index contributed by atoms with van der Waals surface area (Å²) in [7, 11) is 0. The third-order valence-electron chi connectivity index (χ3n) is 3.19. The molecular formula is C13H25N3O4. The number of amides is 2. The zero-order valence-electron chi connectivity index (χ0n) is 12.2. The van der Waals surface area contributed by atoms with E-state index in [9.17, 15) is 9.59 Å². The van der Waals surface area contributed by atoms with Crippen molar-refractivity contribution >= 4 is 12.0 Å². The van der Waals surface area contributed by atoms with Gasteiger partial charge in [-0.05, 0) is 13.3 Å². The SMILES string of the molecule is CCC[C@@H](NC(=O)NC(C)CN1CCOCC1)C(=O)O. The summed E-state index contributed by atoms with van der Waals surface area (Å²) >= 11 is 0. The van der Waals surface area contributed by atoms with Crippen LogP contribution in [0.3, 0.4) is 0 Å². The van der Waals surface area contributed by atoms with Crippen LogP contribution in [-0.4, -0.2) is 66.9 Å². The molecule has 1 saturated heterocycles. The molecule has 2 amide bonds. The standard InChI is InChI=1S/C13H25N3O4/c1-3-4-11(12(17)18)15-13(19)14-10(2)9-16-5-7-20-8-6-16/h10-11H,3-9H2,1-2H3,(H,17,18)(H2,14,15,19)/t10?,11-/m1/s1. The summed E-state index contributed by atoms with van der Waals surface area (Å²) in [6, 6.07) is -1.29. The normalized spacial score (nSPS) is 19.1. The Bertz CT molecular complexity index is 319. The highest BCUT2D eigenvalue weighted by molar-refractivity contribution is 5.82. The second-order valence-corrected chi connectivity index (χ2v) is 5.11. The number of carbonyl (C=O) groups excluding carboxylic acids is 1. The third-order valence-corrected chi connectivity index (χ3v) is 3.19. The van der Waals surface area contributed by atoms with E-state index in [1.54, 1.807) is 0 Å². The van der Waals surface area contributed by atoms with Gasteiger partial charge in [0, 0.05) is 25.7 Å². The molecule has 1 rings (SSSR count). The zero-order valence-corrected chi connectivity index (χ0v) is 12.2. The number of carboxylic acid groups (broad SMARTS) is 1. The van der Waals surface area contributed by atoms with Crippen molar-refractivity contribution in [3.8, 4) is 0 Å². The van der Waals surface area contributed by atoms with Crippen LogP contribution < -0.4 is 10.6 Å². The van der Waals surface area contributed by atoms with Gasteiger partial charge in [0.2, 0.25) is 0 Å². The molecule has 0 aromatic heterocycles. The van der Waals surface area contributed by atoms with Gasteiger partial charge in [0.1, 0.15) is 6.04 Å². The molecule has 0 radical (unpaired) electrons. The second kappa shape index (κ2) is 8.76. The van der Waals surface area contributed by atoms with Crippen molar-refractivity contribution in [2.24, 2.45) is 0 Å². The maximum atomic E-state index is 11.8. The summed E-state index contributed by atoms with van der Waals surface area (Å²) in [6.45, 7) is 7.69. The van der Waals surface area contributed by atoms with Crippen molar-refractivity contribution in [2.45, 2.75) is 38.8 Å². The van der Waals surface area contributed by atoms with E-state index in [1.807, 2.05) is 13.8 Å². The molecule has 3 N–H and O–H groups in total. The highest BCUT2D eigenvalue weighted by Gasteiger charge is 2.20. The van der Waals surface area contributed by atoms with E-state index in [2.05, 4.69) is 15.5 Å². The number of nitrogens with one attached hydrogen (secondary N) is 2. The van der Waals surface area contributed by atoms with Gasteiger partial charge in [-0.15, -0.1) is 0 Å². The van der Waals surface area contributed by atoms with Crippen LogP contribution in [0, 0.1) is 0 Å². The van der Waals surface area contributed by atoms with E-state index >= 15 is 0 Å². The van der Waals surface area contributed by atoms with Crippen molar-refractivity contribution in [3.63, 3.8) is 0 Å². The quantitative estimate of drug-likeness (QED) is 0.625. The van der Waals surface area contributed by atoms with Crippen molar-refractivity contribution in [1.82, 2.24) is 15.5 Å². The average Bonchev–Trinajstić information content (AvgIpc) is 2.38. The third kappa shape index (κ3) is 6.21. The van der Waals surface area contributed by atoms with Gasteiger partial charge in [0.15, 0.2) is 0 Å². The molecule has 0 aromatic rings. The Hall–Kier alpha value is -1.34. The van der Waals surface area contributed by atoms with Gasteiger partial charge in [0.25, 0.3) is 0 Å². The predicted molar refractivity (Wildman–Crippen MR) is 74.7 cm³/mol. The van der Waals surface area contributed by atoms with Gasteiger partial charge in [-0.25, -0.2) is 9.59 Å². The topological polar surface area (TPSA) is 90.9 Å². The maximum absolute atomic E-state index is 11.8. The first-order chi connectivity index (χ1) is 9.52. The molecule has 116 valence electrons. The first-order valence-corrected chi connectivity index (χ1v) is 7.12. The smallest absolute Gasteiger partial charge is 0.326 e. The zero-order chi connectivity index (χ0) is 15.0. The predicted octanol–water partition coefficient (Wildman–Crippen LogP) is 0.260. The Labute approximate surface area is 119 Å². The molecule has 2 atom stereocenters. The molecule has 1 aliphatic rings. The molecule has 7 heteroatoms. The van der Waals surface area contributed by atoms with Crippen LogP contribution in [0.2, 0.25) is 0 Å². The first-order valence-electron chi connectivity index (χ1n) is 7.12. The number of carboxylic acids is 1. The van der Waals surface area contributed by atoms with Crippen LogP contribution in [0.5, 0.6) is 0 Å². The lowest BCUT2D eigenvalue weighted by molar-refractivity contribution is -0.139. The summed E-state index contributed by atoms with van der Waals surface area (Å²) in [4.78, 5) is 24.9. The van der Waals surface area contributed by atoms with E-state index in [-0.39, 0.29) is 6.04 Å². The molecule has 0 bridgehead atoms. The Morgan fingerprint density at radius 1 is 1.30 bits per heavy atom. The molecule has 1 aliphatic heterocycles. The van der Waals surface area contributed by atoms with Crippen LogP contribution >= 0.6 is 0 Å². The van der Waals surface area contributed by atoms with E-state index in [0.717, 1.165) is 32.8 Å². The van der Waals surface area contributed by atoms with Gasteiger partial charge < -0.3 is 20.5 Å². The molecule has 1 unspecified atom stereocenters. The summed E-state index contributed by atoms with van der Waals surface area (Å²) in [6.07, 6.45) is 1.14. The lowest BCUT2D eigenvalue weighted by Gasteiger charge is -2.29. The van der Waals surface area contributed by atoms with Crippen LogP contribution in [0.15, 0.2) is 0 Å². The number of hydrogen-bond donors (Lipinski definition) is 3. The van der Waals surface area contributed by atoms with Gasteiger partial charge in [-0.1, -0.05) is 13.3 Å². The number of hydrogen-bond acceptors (Lipinski definition) is 4. The highest BCUT2D eigenvalue weighted by Crippen LogP contribution is 1.99. The molecule has 7 nitrogen and oxygen atoms in total. The van der Waals surface area contributed by atoms with E-state index in [0.29, 0.717) is 12.8 Å². The monoisotopic (exact) mass is 287 g/mol. The second-order valence-electron chi connectivity index (χ2n) is 5.11. The molecule has 1 heterocycles. The number of rotatable bonds is 7. The van der Waals surface area contributed by atoms with Crippen molar-refractivity contribution in [2.75, 3.05) is 32.8 Å². The van der Waals surface area contributed by atoms with Gasteiger partial charge in [-0.2, -0.15) is 0 Å². The fourth-order valence-electron chi connectivity index (χ4n) is 2.19. The Balaban J connectivity index is 2.30. The van der Waals surface area contributed by atoms with Crippen LogP contribution in [0.4, 0.5) is 4.79 Å². The maximum Gasteiger partial charge on any atom is 0.326 e. The number of carbonyl (C=O) groups is 2. The van der Waals surface area contributed by atoms with Crippen molar-refractivity contribution in [3.05, 3.63) is 0 Å². The number of morpholine rings is 1. The lowest BCUT2D eigenvalue weighted by Crippen LogP contribution is -2.51. The fourth-order valence-corrected chi connectivity index (χ4v) is 2.19. The Kier molecular flexibility index (Phi) is 7.32. The lowest BCUT2D eigenvalue weighted by atomic mass is 10.2. The summed E-state index contributed by atoms with van der Waals surface area (Å²) < 4.78 is 5.26. The van der Waals surface area contributed by atoms with Gasteiger partial charge >= 0.3 is 12.0 Å².